The molecule has 0 radical (unpaired) electrons. The number of anilines is 1. The van der Waals surface area contributed by atoms with Crippen molar-refractivity contribution in [3.05, 3.63) is 59.1 Å². The molecular weight excluding hydrogens is 350 g/mol. The van der Waals surface area contributed by atoms with E-state index in [-0.39, 0.29) is 5.91 Å². The molecule has 2 aromatic carbocycles. The first-order valence-electron chi connectivity index (χ1n) is 8.88. The summed E-state index contributed by atoms with van der Waals surface area (Å²) < 4.78 is 5.20. The molecule has 0 unspecified atom stereocenters. The number of carbonyl (C=O) groups excluding carboxylic acids is 1. The Labute approximate surface area is 159 Å². The minimum Gasteiger partial charge on any atom is -0.497 e. The molecule has 2 N–H and O–H groups in total. The van der Waals surface area contributed by atoms with Crippen LogP contribution in [0, 0.1) is 0 Å². The molecule has 3 rings (SSSR count). The molecular formula is C20H25ClN3O2+. The molecule has 0 bridgehead atoms. The summed E-state index contributed by atoms with van der Waals surface area (Å²) in [6, 6.07) is 15.7. The van der Waals surface area contributed by atoms with Crippen LogP contribution in [0.4, 0.5) is 5.69 Å². The van der Waals surface area contributed by atoms with Crippen LogP contribution >= 0.6 is 11.6 Å². The third-order valence-electron chi connectivity index (χ3n) is 4.72. The summed E-state index contributed by atoms with van der Waals surface area (Å²) in [5.41, 5.74) is 2.26. The highest BCUT2D eigenvalue weighted by Crippen LogP contribution is 2.18. The quantitative estimate of drug-likeness (QED) is 0.802. The van der Waals surface area contributed by atoms with E-state index in [2.05, 4.69) is 22.3 Å². The van der Waals surface area contributed by atoms with E-state index in [9.17, 15) is 4.79 Å². The first-order valence-corrected chi connectivity index (χ1v) is 9.25. The zero-order valence-electron chi connectivity index (χ0n) is 15.0. The number of nitrogens with one attached hydrogen (secondary N) is 2. The van der Waals surface area contributed by atoms with Gasteiger partial charge in [0, 0.05) is 17.3 Å². The lowest BCUT2D eigenvalue weighted by Crippen LogP contribution is -3.15. The van der Waals surface area contributed by atoms with Crippen molar-refractivity contribution in [2.24, 2.45) is 0 Å². The number of hydrogen-bond acceptors (Lipinski definition) is 3. The largest absolute Gasteiger partial charge is 0.497 e. The van der Waals surface area contributed by atoms with Crippen molar-refractivity contribution in [3.63, 3.8) is 0 Å². The number of benzene rings is 2. The second-order valence-corrected chi connectivity index (χ2v) is 6.95. The molecule has 1 amide bonds. The molecule has 1 fully saturated rings. The summed E-state index contributed by atoms with van der Waals surface area (Å²) in [5.74, 6) is 0.961. The monoisotopic (exact) mass is 374 g/mol. The Bertz CT molecular complexity index is 711. The van der Waals surface area contributed by atoms with E-state index in [1.54, 1.807) is 7.11 Å². The average molecular weight is 375 g/mol. The van der Waals surface area contributed by atoms with Crippen molar-refractivity contribution in [2.75, 3.05) is 44.7 Å². The maximum Gasteiger partial charge on any atom is 0.275 e. The van der Waals surface area contributed by atoms with Gasteiger partial charge in [-0.3, -0.25) is 4.79 Å². The normalized spacial score (nSPS) is 14.9. The van der Waals surface area contributed by atoms with Gasteiger partial charge in [0.25, 0.3) is 5.91 Å². The second kappa shape index (κ2) is 8.92. The minimum atomic E-state index is 0.0906. The zero-order valence-corrected chi connectivity index (χ0v) is 15.8. The van der Waals surface area contributed by atoms with E-state index in [1.807, 2.05) is 36.4 Å². The molecule has 1 aliphatic rings. The molecule has 1 heterocycles. The number of amides is 1. The number of quaternary nitrogens is 1. The molecule has 5 nitrogen and oxygen atoms in total. The Morgan fingerprint density at radius 3 is 2.38 bits per heavy atom. The van der Waals surface area contributed by atoms with E-state index in [4.69, 9.17) is 16.3 Å². The van der Waals surface area contributed by atoms with Crippen molar-refractivity contribution in [2.45, 2.75) is 6.54 Å². The molecule has 0 spiro atoms. The Hall–Kier alpha value is -2.24. The summed E-state index contributed by atoms with van der Waals surface area (Å²) in [4.78, 5) is 15.9. The molecule has 2 aromatic rings. The van der Waals surface area contributed by atoms with Crippen LogP contribution in [0.1, 0.15) is 5.56 Å². The minimum absolute atomic E-state index is 0.0906. The van der Waals surface area contributed by atoms with Crippen LogP contribution in [-0.2, 0) is 11.3 Å². The number of hydrogen-bond donors (Lipinski definition) is 2. The van der Waals surface area contributed by atoms with E-state index in [0.29, 0.717) is 18.1 Å². The van der Waals surface area contributed by atoms with Gasteiger partial charge in [-0.1, -0.05) is 23.7 Å². The Kier molecular flexibility index (Phi) is 6.36. The Balaban J connectivity index is 1.41. The van der Waals surface area contributed by atoms with Crippen molar-refractivity contribution in [1.82, 2.24) is 5.32 Å². The van der Waals surface area contributed by atoms with Crippen molar-refractivity contribution in [3.8, 4) is 5.75 Å². The summed E-state index contributed by atoms with van der Waals surface area (Å²) in [7, 11) is 1.68. The van der Waals surface area contributed by atoms with Crippen LogP contribution in [0.3, 0.4) is 0 Å². The lowest BCUT2D eigenvalue weighted by Gasteiger charge is -2.33. The number of carbonyl (C=O) groups is 1. The molecule has 1 saturated heterocycles. The molecule has 0 atom stereocenters. The van der Waals surface area contributed by atoms with Crippen molar-refractivity contribution < 1.29 is 14.4 Å². The predicted octanol–water partition coefficient (Wildman–Crippen LogP) is 1.37. The van der Waals surface area contributed by atoms with Gasteiger partial charge in [-0.2, -0.15) is 0 Å². The highest BCUT2D eigenvalue weighted by molar-refractivity contribution is 6.30. The van der Waals surface area contributed by atoms with Crippen LogP contribution in [0.15, 0.2) is 48.5 Å². The molecule has 0 aromatic heterocycles. The molecule has 26 heavy (non-hydrogen) atoms. The van der Waals surface area contributed by atoms with Crippen LogP contribution < -0.4 is 19.9 Å². The maximum atomic E-state index is 12.2. The fourth-order valence-electron chi connectivity index (χ4n) is 3.14. The van der Waals surface area contributed by atoms with E-state index >= 15 is 0 Å². The average Bonchev–Trinajstić information content (AvgIpc) is 2.68. The smallest absolute Gasteiger partial charge is 0.275 e. The standard InChI is InChI=1S/C20H24ClN3O2/c1-26-19-8-6-18(7-9-19)24-12-10-23(11-13-24)15-20(25)22-14-16-2-4-17(21)5-3-16/h2-9H,10-15H2,1H3,(H,22,25)/p+1. The van der Waals surface area contributed by atoms with E-state index in [1.165, 1.54) is 10.6 Å². The third kappa shape index (κ3) is 5.13. The molecule has 0 saturated carbocycles. The number of methoxy groups -OCH3 is 1. The zero-order chi connectivity index (χ0) is 18.4. The number of nitrogens with zero attached hydrogens (tertiary/aromatic N) is 1. The summed E-state index contributed by atoms with van der Waals surface area (Å²) >= 11 is 5.87. The van der Waals surface area contributed by atoms with Gasteiger partial charge < -0.3 is 19.9 Å². The first kappa shape index (κ1) is 18.5. The fourth-order valence-corrected chi connectivity index (χ4v) is 3.27. The van der Waals surface area contributed by atoms with Gasteiger partial charge >= 0.3 is 0 Å². The topological polar surface area (TPSA) is 46.0 Å². The van der Waals surface area contributed by atoms with Gasteiger partial charge in [0.1, 0.15) is 5.75 Å². The Morgan fingerprint density at radius 2 is 1.77 bits per heavy atom. The highest BCUT2D eigenvalue weighted by atomic mass is 35.5. The number of ether oxygens (including phenoxy) is 1. The number of rotatable bonds is 6. The predicted molar refractivity (Wildman–Crippen MR) is 104 cm³/mol. The highest BCUT2D eigenvalue weighted by Gasteiger charge is 2.22. The van der Waals surface area contributed by atoms with E-state index in [0.717, 1.165) is 37.5 Å². The van der Waals surface area contributed by atoms with Crippen LogP contribution in [0.5, 0.6) is 5.75 Å². The maximum absolute atomic E-state index is 12.2. The molecule has 6 heteroatoms. The van der Waals surface area contributed by atoms with E-state index < -0.39 is 0 Å². The van der Waals surface area contributed by atoms with Gasteiger partial charge in [-0.25, -0.2) is 0 Å². The van der Waals surface area contributed by atoms with Crippen molar-refractivity contribution >= 4 is 23.2 Å². The van der Waals surface area contributed by atoms with Gasteiger partial charge in [-0.15, -0.1) is 0 Å². The summed E-state index contributed by atoms with van der Waals surface area (Å²) in [5, 5.41) is 3.70. The molecule has 0 aliphatic carbocycles. The fraction of sp³-hybridized carbons (Fsp3) is 0.350. The van der Waals surface area contributed by atoms with Gasteiger partial charge in [0.15, 0.2) is 6.54 Å². The second-order valence-electron chi connectivity index (χ2n) is 6.52. The molecule has 138 valence electrons. The summed E-state index contributed by atoms with van der Waals surface area (Å²) in [6.07, 6.45) is 0. The number of piperazine rings is 1. The molecule has 1 aliphatic heterocycles. The Morgan fingerprint density at radius 1 is 1.12 bits per heavy atom. The van der Waals surface area contributed by atoms with Gasteiger partial charge in [0.2, 0.25) is 0 Å². The van der Waals surface area contributed by atoms with Crippen LogP contribution in [0.25, 0.3) is 0 Å². The van der Waals surface area contributed by atoms with Gasteiger partial charge in [0.05, 0.1) is 33.3 Å². The van der Waals surface area contributed by atoms with Crippen LogP contribution in [0.2, 0.25) is 5.02 Å². The van der Waals surface area contributed by atoms with Gasteiger partial charge in [-0.05, 0) is 42.0 Å². The van der Waals surface area contributed by atoms with Crippen molar-refractivity contribution in [1.29, 1.82) is 0 Å². The lowest BCUT2D eigenvalue weighted by molar-refractivity contribution is -0.892. The van der Waals surface area contributed by atoms with Crippen LogP contribution in [-0.4, -0.2) is 45.7 Å². The first-order chi connectivity index (χ1) is 12.6. The summed E-state index contributed by atoms with van der Waals surface area (Å²) in [6.45, 7) is 4.88. The SMILES string of the molecule is COc1ccc(N2CC[NH+](CC(=O)NCc3ccc(Cl)cc3)CC2)cc1. The lowest BCUT2D eigenvalue weighted by atomic mass is 10.2. The number of halogens is 1. The third-order valence-corrected chi connectivity index (χ3v) is 4.97.